The number of carbonyl (C=O) groups excluding carboxylic acids is 1. The van der Waals surface area contributed by atoms with E-state index in [0.29, 0.717) is 5.56 Å². The van der Waals surface area contributed by atoms with E-state index in [1.54, 1.807) is 6.20 Å². The summed E-state index contributed by atoms with van der Waals surface area (Å²) in [6.45, 7) is 1.74. The summed E-state index contributed by atoms with van der Waals surface area (Å²) in [4.78, 5) is 15.5. The molecule has 16 heavy (non-hydrogen) atoms. The third-order valence-electron chi connectivity index (χ3n) is 2.34. The van der Waals surface area contributed by atoms with Crippen molar-refractivity contribution in [1.29, 1.82) is 0 Å². The Kier molecular flexibility index (Phi) is 6.33. The van der Waals surface area contributed by atoms with Crippen LogP contribution in [-0.4, -0.2) is 24.6 Å². The van der Waals surface area contributed by atoms with Crippen LogP contribution in [-0.2, 0) is 17.7 Å². The molecule has 0 saturated carbocycles. The van der Waals surface area contributed by atoms with Gasteiger partial charge >= 0.3 is 5.97 Å². The van der Waals surface area contributed by atoms with Crippen molar-refractivity contribution in [3.05, 3.63) is 29.1 Å². The molecule has 0 bridgehead atoms. The zero-order chi connectivity index (χ0) is 9.97. The fourth-order valence-electron chi connectivity index (χ4n) is 1.58. The summed E-state index contributed by atoms with van der Waals surface area (Å²) in [6.07, 6.45) is 2.51. The van der Waals surface area contributed by atoms with Crippen LogP contribution in [0, 0.1) is 0 Å². The van der Waals surface area contributed by atoms with Gasteiger partial charge in [-0.1, -0.05) is 0 Å². The van der Waals surface area contributed by atoms with Crippen molar-refractivity contribution in [3.8, 4) is 0 Å². The number of esters is 1. The molecule has 90 valence electrons. The van der Waals surface area contributed by atoms with Crippen LogP contribution in [0.4, 0.5) is 0 Å². The number of rotatable bonds is 1. The molecule has 0 spiro atoms. The Morgan fingerprint density at radius 2 is 2.25 bits per heavy atom. The molecule has 0 aromatic carbocycles. The maximum Gasteiger partial charge on any atom is 0.339 e. The summed E-state index contributed by atoms with van der Waals surface area (Å²) in [5.41, 5.74) is 2.70. The molecule has 0 aliphatic carbocycles. The SMILES string of the molecule is COC(=O)c1cnc2c(c1)CNCC2.Cl.Cl. The summed E-state index contributed by atoms with van der Waals surface area (Å²) in [5, 5.41) is 3.23. The minimum atomic E-state index is -0.328. The number of halogens is 2. The predicted octanol–water partition coefficient (Wildman–Crippen LogP) is 1.36. The maximum atomic E-state index is 11.2. The van der Waals surface area contributed by atoms with E-state index in [4.69, 9.17) is 0 Å². The minimum absolute atomic E-state index is 0. The van der Waals surface area contributed by atoms with Gasteiger partial charge in [0.1, 0.15) is 0 Å². The van der Waals surface area contributed by atoms with E-state index in [0.717, 1.165) is 30.8 Å². The lowest BCUT2D eigenvalue weighted by atomic mass is 10.1. The van der Waals surface area contributed by atoms with Crippen LogP contribution in [0.3, 0.4) is 0 Å². The van der Waals surface area contributed by atoms with E-state index in [1.165, 1.54) is 7.11 Å². The first-order valence-electron chi connectivity index (χ1n) is 4.58. The van der Waals surface area contributed by atoms with E-state index in [-0.39, 0.29) is 30.8 Å². The first-order chi connectivity index (χ1) is 6.81. The highest BCUT2D eigenvalue weighted by Crippen LogP contribution is 2.13. The molecule has 0 atom stereocenters. The largest absolute Gasteiger partial charge is 0.465 e. The lowest BCUT2D eigenvalue weighted by Gasteiger charge is -2.16. The zero-order valence-electron chi connectivity index (χ0n) is 8.86. The molecule has 1 aliphatic rings. The van der Waals surface area contributed by atoms with Gasteiger partial charge in [0, 0.05) is 31.4 Å². The second-order valence-electron chi connectivity index (χ2n) is 3.25. The number of carbonyl (C=O) groups is 1. The lowest BCUT2D eigenvalue weighted by Crippen LogP contribution is -2.25. The van der Waals surface area contributed by atoms with Crippen molar-refractivity contribution in [3.63, 3.8) is 0 Å². The van der Waals surface area contributed by atoms with Crippen molar-refractivity contribution in [2.24, 2.45) is 0 Å². The van der Waals surface area contributed by atoms with Gasteiger partial charge in [0.15, 0.2) is 0 Å². The molecule has 1 N–H and O–H groups in total. The molecule has 4 nitrogen and oxygen atoms in total. The van der Waals surface area contributed by atoms with Crippen LogP contribution >= 0.6 is 24.8 Å². The third-order valence-corrected chi connectivity index (χ3v) is 2.34. The summed E-state index contributed by atoms with van der Waals surface area (Å²) in [7, 11) is 1.38. The average Bonchev–Trinajstić information content (AvgIpc) is 2.27. The van der Waals surface area contributed by atoms with Crippen molar-refractivity contribution >= 4 is 30.8 Å². The van der Waals surface area contributed by atoms with Crippen LogP contribution in [0.5, 0.6) is 0 Å². The van der Waals surface area contributed by atoms with Crippen molar-refractivity contribution < 1.29 is 9.53 Å². The van der Waals surface area contributed by atoms with E-state index in [2.05, 4.69) is 15.0 Å². The second kappa shape index (κ2) is 6.68. The van der Waals surface area contributed by atoms with Crippen LogP contribution in [0.1, 0.15) is 21.6 Å². The Balaban J connectivity index is 0.00000112. The average molecular weight is 265 g/mol. The second-order valence-corrected chi connectivity index (χ2v) is 3.25. The van der Waals surface area contributed by atoms with E-state index < -0.39 is 0 Å². The van der Waals surface area contributed by atoms with E-state index in [9.17, 15) is 4.79 Å². The summed E-state index contributed by atoms with van der Waals surface area (Å²) in [6, 6.07) is 1.85. The number of pyridine rings is 1. The molecule has 0 saturated heterocycles. The summed E-state index contributed by atoms with van der Waals surface area (Å²) < 4.78 is 4.63. The highest BCUT2D eigenvalue weighted by molar-refractivity contribution is 5.89. The smallest absolute Gasteiger partial charge is 0.339 e. The molecule has 1 aliphatic heterocycles. The van der Waals surface area contributed by atoms with Gasteiger partial charge in [-0.2, -0.15) is 0 Å². The molecule has 0 radical (unpaired) electrons. The quantitative estimate of drug-likeness (QED) is 0.779. The number of hydrogen-bond donors (Lipinski definition) is 1. The monoisotopic (exact) mass is 264 g/mol. The first kappa shape index (κ1) is 15.2. The number of fused-ring (bicyclic) bond motifs is 1. The molecule has 0 fully saturated rings. The molecule has 2 heterocycles. The Morgan fingerprint density at radius 1 is 1.50 bits per heavy atom. The Labute approximate surface area is 107 Å². The van der Waals surface area contributed by atoms with Gasteiger partial charge in [0.25, 0.3) is 0 Å². The number of aromatic nitrogens is 1. The Morgan fingerprint density at radius 3 is 2.94 bits per heavy atom. The van der Waals surface area contributed by atoms with Gasteiger partial charge in [-0.25, -0.2) is 4.79 Å². The van der Waals surface area contributed by atoms with Crippen LogP contribution in [0.15, 0.2) is 12.3 Å². The molecule has 1 aromatic heterocycles. The number of nitrogens with one attached hydrogen (secondary N) is 1. The van der Waals surface area contributed by atoms with Crippen molar-refractivity contribution in [2.45, 2.75) is 13.0 Å². The van der Waals surface area contributed by atoms with Gasteiger partial charge < -0.3 is 10.1 Å². The predicted molar refractivity (Wildman–Crippen MR) is 65.5 cm³/mol. The fraction of sp³-hybridized carbons (Fsp3) is 0.400. The number of methoxy groups -OCH3 is 1. The standard InChI is InChI=1S/C10H12N2O2.2ClH/c1-14-10(13)8-4-7-5-11-3-2-9(7)12-6-8;;/h4,6,11H,2-3,5H2,1H3;2*1H. The first-order valence-corrected chi connectivity index (χ1v) is 4.58. The van der Waals surface area contributed by atoms with Crippen LogP contribution in [0.2, 0.25) is 0 Å². The molecular weight excluding hydrogens is 251 g/mol. The lowest BCUT2D eigenvalue weighted by molar-refractivity contribution is 0.0600. The van der Waals surface area contributed by atoms with Gasteiger partial charge in [0.2, 0.25) is 0 Å². The van der Waals surface area contributed by atoms with Crippen molar-refractivity contribution in [2.75, 3.05) is 13.7 Å². The van der Waals surface area contributed by atoms with E-state index >= 15 is 0 Å². The zero-order valence-corrected chi connectivity index (χ0v) is 10.5. The third kappa shape index (κ3) is 3.07. The van der Waals surface area contributed by atoms with Gasteiger partial charge in [-0.3, -0.25) is 4.98 Å². The molecule has 1 aromatic rings. The normalized spacial score (nSPS) is 12.8. The molecule has 2 rings (SSSR count). The van der Waals surface area contributed by atoms with Crippen LogP contribution in [0.25, 0.3) is 0 Å². The molecule has 0 unspecified atom stereocenters. The minimum Gasteiger partial charge on any atom is -0.465 e. The summed E-state index contributed by atoms with van der Waals surface area (Å²) >= 11 is 0. The Hall–Kier alpha value is -0.840. The number of ether oxygens (including phenoxy) is 1. The fourth-order valence-corrected chi connectivity index (χ4v) is 1.58. The van der Waals surface area contributed by atoms with E-state index in [1.807, 2.05) is 6.07 Å². The van der Waals surface area contributed by atoms with Gasteiger partial charge in [-0.05, 0) is 11.6 Å². The highest BCUT2D eigenvalue weighted by Gasteiger charge is 2.13. The Bertz CT molecular complexity index is 372. The molecular formula is C10H14Cl2N2O2. The highest BCUT2D eigenvalue weighted by atomic mass is 35.5. The van der Waals surface area contributed by atoms with Gasteiger partial charge in [0.05, 0.1) is 12.7 Å². The molecule has 0 amide bonds. The van der Waals surface area contributed by atoms with Crippen molar-refractivity contribution in [1.82, 2.24) is 10.3 Å². The molecule has 6 heteroatoms. The number of nitrogens with zero attached hydrogens (tertiary/aromatic N) is 1. The summed E-state index contributed by atoms with van der Waals surface area (Å²) in [5.74, 6) is -0.328. The van der Waals surface area contributed by atoms with Crippen LogP contribution < -0.4 is 5.32 Å². The maximum absolute atomic E-state index is 11.2. The topological polar surface area (TPSA) is 51.2 Å². The number of hydrogen-bond acceptors (Lipinski definition) is 4. The van der Waals surface area contributed by atoms with Gasteiger partial charge in [-0.15, -0.1) is 24.8 Å².